The molecule has 3 aromatic rings. The fraction of sp³-hybridized carbons (Fsp3) is 0.394. The second kappa shape index (κ2) is 14.9. The van der Waals surface area contributed by atoms with Crippen molar-refractivity contribution in [2.45, 2.75) is 71.0 Å². The molecule has 0 aliphatic rings. The molecule has 3 rings (SSSR count). The van der Waals surface area contributed by atoms with E-state index in [1.54, 1.807) is 43.5 Å². The maximum Gasteiger partial charge on any atom is 0.264 e. The minimum atomic E-state index is -4.22. The largest absolute Gasteiger partial charge is 0.497 e. The topological polar surface area (TPSA) is 105 Å². The maximum atomic E-state index is 14.3. The highest BCUT2D eigenvalue weighted by Gasteiger charge is 2.35. The van der Waals surface area contributed by atoms with Gasteiger partial charge in [-0.1, -0.05) is 49.7 Å². The first kappa shape index (κ1) is 33.5. The van der Waals surface area contributed by atoms with Crippen molar-refractivity contribution in [2.75, 3.05) is 25.1 Å². The molecule has 2 amide bonds. The number of ether oxygens (including phenoxy) is 2. The summed E-state index contributed by atoms with van der Waals surface area (Å²) in [7, 11) is -1.22. The Kier molecular flexibility index (Phi) is 11.6. The van der Waals surface area contributed by atoms with Crippen LogP contribution in [0.2, 0.25) is 0 Å². The van der Waals surface area contributed by atoms with Crippen LogP contribution in [0.25, 0.3) is 0 Å². The fourth-order valence-electron chi connectivity index (χ4n) is 4.67. The smallest absolute Gasteiger partial charge is 0.264 e. The van der Waals surface area contributed by atoms with Crippen molar-refractivity contribution in [2.24, 2.45) is 0 Å². The molecule has 10 heteroatoms. The quantitative estimate of drug-likeness (QED) is 0.268. The van der Waals surface area contributed by atoms with Gasteiger partial charge in [0, 0.05) is 12.6 Å². The van der Waals surface area contributed by atoms with Crippen molar-refractivity contribution < 1.29 is 27.5 Å². The van der Waals surface area contributed by atoms with E-state index in [2.05, 4.69) is 5.32 Å². The number of benzene rings is 3. The van der Waals surface area contributed by atoms with Crippen LogP contribution in [-0.4, -0.2) is 58.0 Å². The fourth-order valence-corrected chi connectivity index (χ4v) is 6.09. The maximum absolute atomic E-state index is 14.3. The molecule has 0 aromatic heterocycles. The van der Waals surface area contributed by atoms with Gasteiger partial charge < -0.3 is 19.7 Å². The molecule has 43 heavy (non-hydrogen) atoms. The number of nitrogens with one attached hydrogen (secondary N) is 1. The van der Waals surface area contributed by atoms with Gasteiger partial charge in [-0.15, -0.1) is 0 Å². The SMILES string of the molecule is CC[C@@H](C)NC(=O)[C@H](CC)N(Cc1cccc(OC)c1)C(=O)CN(c1cc(C)ccc1OC)S(=O)(=O)c1ccc(C)cc1. The Labute approximate surface area is 255 Å². The number of methoxy groups -OCH3 is 2. The van der Waals surface area contributed by atoms with Crippen molar-refractivity contribution in [3.8, 4) is 11.5 Å². The molecule has 0 heterocycles. The highest BCUT2D eigenvalue weighted by atomic mass is 32.2. The van der Waals surface area contributed by atoms with Crippen LogP contribution in [0.1, 0.15) is 50.3 Å². The zero-order chi connectivity index (χ0) is 31.7. The molecule has 3 aromatic carbocycles. The molecule has 0 spiro atoms. The number of aryl methyl sites for hydroxylation is 2. The molecule has 232 valence electrons. The van der Waals surface area contributed by atoms with Gasteiger partial charge in [0.15, 0.2) is 0 Å². The third-order valence-electron chi connectivity index (χ3n) is 7.36. The van der Waals surface area contributed by atoms with Crippen LogP contribution in [0.4, 0.5) is 5.69 Å². The number of sulfonamides is 1. The molecule has 2 atom stereocenters. The predicted molar refractivity (Wildman–Crippen MR) is 169 cm³/mol. The Morgan fingerprint density at radius 2 is 1.56 bits per heavy atom. The number of rotatable bonds is 14. The molecule has 0 saturated heterocycles. The van der Waals surface area contributed by atoms with E-state index < -0.39 is 28.5 Å². The van der Waals surface area contributed by atoms with Gasteiger partial charge in [0.25, 0.3) is 10.0 Å². The second-order valence-electron chi connectivity index (χ2n) is 10.6. The van der Waals surface area contributed by atoms with Gasteiger partial charge in [0.2, 0.25) is 11.8 Å². The van der Waals surface area contributed by atoms with Crippen molar-refractivity contribution in [1.82, 2.24) is 10.2 Å². The number of nitrogens with zero attached hydrogens (tertiary/aromatic N) is 2. The minimum absolute atomic E-state index is 0.0374. The lowest BCUT2D eigenvalue weighted by molar-refractivity contribution is -0.140. The van der Waals surface area contributed by atoms with Crippen LogP contribution < -0.4 is 19.1 Å². The third kappa shape index (κ3) is 8.28. The first-order valence-electron chi connectivity index (χ1n) is 14.4. The number of anilines is 1. The highest BCUT2D eigenvalue weighted by molar-refractivity contribution is 7.92. The van der Waals surface area contributed by atoms with E-state index in [0.717, 1.165) is 27.4 Å². The van der Waals surface area contributed by atoms with Crippen molar-refractivity contribution >= 4 is 27.5 Å². The Morgan fingerprint density at radius 3 is 2.16 bits per heavy atom. The van der Waals surface area contributed by atoms with E-state index in [1.165, 1.54) is 24.1 Å². The summed E-state index contributed by atoms with van der Waals surface area (Å²) in [5, 5.41) is 2.99. The van der Waals surface area contributed by atoms with Crippen LogP contribution in [-0.2, 0) is 26.2 Å². The number of carbonyl (C=O) groups excluding carboxylic acids is 2. The lowest BCUT2D eigenvalue weighted by Gasteiger charge is -2.34. The first-order valence-corrected chi connectivity index (χ1v) is 15.9. The van der Waals surface area contributed by atoms with Crippen LogP contribution in [0.3, 0.4) is 0 Å². The zero-order valence-electron chi connectivity index (χ0n) is 26.1. The van der Waals surface area contributed by atoms with Crippen molar-refractivity contribution in [1.29, 1.82) is 0 Å². The van der Waals surface area contributed by atoms with Crippen LogP contribution in [0.5, 0.6) is 11.5 Å². The van der Waals surface area contributed by atoms with E-state index in [9.17, 15) is 18.0 Å². The van der Waals surface area contributed by atoms with Gasteiger partial charge in [-0.05, 0) is 81.1 Å². The normalized spacial score (nSPS) is 12.6. The standard InChI is InChI=1S/C33H43N3O6S/c1-8-25(5)34-33(38)29(9-2)35(21-26-11-10-12-27(20-26)41-6)32(37)22-36(30-19-24(4)15-18-31(30)42-7)43(39,40)28-16-13-23(3)14-17-28/h10-20,25,29H,8-9,21-22H2,1-7H3,(H,34,38)/t25-,29+/m1/s1. The summed E-state index contributed by atoms with van der Waals surface area (Å²) in [4.78, 5) is 29.3. The van der Waals surface area contributed by atoms with Gasteiger partial charge in [0.1, 0.15) is 24.1 Å². The number of amides is 2. The van der Waals surface area contributed by atoms with Crippen molar-refractivity contribution in [3.05, 3.63) is 83.4 Å². The molecule has 0 aliphatic heterocycles. The number of hydrogen-bond donors (Lipinski definition) is 1. The van der Waals surface area contributed by atoms with Crippen LogP contribution >= 0.6 is 0 Å². The lowest BCUT2D eigenvalue weighted by atomic mass is 10.1. The Hall–Kier alpha value is -4.05. The van der Waals surface area contributed by atoms with Gasteiger partial charge in [0.05, 0.1) is 24.8 Å². The van der Waals surface area contributed by atoms with Gasteiger partial charge in [-0.2, -0.15) is 0 Å². The van der Waals surface area contributed by atoms with Crippen molar-refractivity contribution in [3.63, 3.8) is 0 Å². The van der Waals surface area contributed by atoms with Crippen LogP contribution in [0.15, 0.2) is 71.6 Å². The second-order valence-corrected chi connectivity index (χ2v) is 12.5. The summed E-state index contributed by atoms with van der Waals surface area (Å²) in [5.74, 6) is 0.0763. The van der Waals surface area contributed by atoms with Gasteiger partial charge in [-0.25, -0.2) is 8.42 Å². The average Bonchev–Trinajstić information content (AvgIpc) is 2.99. The monoisotopic (exact) mass is 609 g/mol. The lowest BCUT2D eigenvalue weighted by Crippen LogP contribution is -2.53. The minimum Gasteiger partial charge on any atom is -0.497 e. The molecule has 9 nitrogen and oxygen atoms in total. The van der Waals surface area contributed by atoms with Gasteiger partial charge >= 0.3 is 0 Å². The summed E-state index contributed by atoms with van der Waals surface area (Å²) in [6.45, 7) is 8.93. The number of carbonyl (C=O) groups is 2. The van der Waals surface area contributed by atoms with E-state index in [0.29, 0.717) is 17.9 Å². The summed E-state index contributed by atoms with van der Waals surface area (Å²) in [6.07, 6.45) is 1.05. The Morgan fingerprint density at radius 1 is 0.884 bits per heavy atom. The molecule has 1 N–H and O–H groups in total. The summed E-state index contributed by atoms with van der Waals surface area (Å²) < 4.78 is 40.4. The van der Waals surface area contributed by atoms with Crippen LogP contribution in [0, 0.1) is 13.8 Å². The predicted octanol–water partition coefficient (Wildman–Crippen LogP) is 5.24. The molecular weight excluding hydrogens is 566 g/mol. The summed E-state index contributed by atoms with van der Waals surface area (Å²) in [5.41, 5.74) is 2.66. The van der Waals surface area contributed by atoms with E-state index in [4.69, 9.17) is 9.47 Å². The summed E-state index contributed by atoms with van der Waals surface area (Å²) >= 11 is 0. The molecule has 0 unspecified atom stereocenters. The van der Waals surface area contributed by atoms with E-state index >= 15 is 0 Å². The first-order chi connectivity index (χ1) is 20.4. The third-order valence-corrected chi connectivity index (χ3v) is 9.14. The molecular formula is C33H43N3O6S. The zero-order valence-corrected chi connectivity index (χ0v) is 26.9. The average molecular weight is 610 g/mol. The molecule has 0 radical (unpaired) electrons. The Bertz CT molecular complexity index is 1510. The summed E-state index contributed by atoms with van der Waals surface area (Å²) in [6, 6.07) is 17.9. The number of hydrogen-bond acceptors (Lipinski definition) is 6. The molecule has 0 fully saturated rings. The molecule has 0 saturated carbocycles. The highest BCUT2D eigenvalue weighted by Crippen LogP contribution is 2.34. The Balaban J connectivity index is 2.14. The molecule has 0 bridgehead atoms. The van der Waals surface area contributed by atoms with E-state index in [1.807, 2.05) is 52.8 Å². The van der Waals surface area contributed by atoms with E-state index in [-0.39, 0.29) is 29.1 Å². The molecule has 0 aliphatic carbocycles. The van der Waals surface area contributed by atoms with Gasteiger partial charge in [-0.3, -0.25) is 13.9 Å².